The quantitative estimate of drug-likeness (QED) is 0.454. The van der Waals surface area contributed by atoms with Gasteiger partial charge in [-0.25, -0.2) is 0 Å². The maximum absolute atomic E-state index is 12.2. The Balaban J connectivity index is 1.51. The van der Waals surface area contributed by atoms with E-state index in [0.29, 0.717) is 34.0 Å². The Labute approximate surface area is 159 Å². The minimum atomic E-state index is -0.0343. The van der Waals surface area contributed by atoms with E-state index in [0.717, 1.165) is 5.69 Å². The van der Waals surface area contributed by atoms with Gasteiger partial charge in [-0.2, -0.15) is 0 Å². The molecule has 8 heteroatoms. The third-order valence-corrected chi connectivity index (χ3v) is 4.53. The Kier molecular flexibility index (Phi) is 6.14. The lowest BCUT2D eigenvalue weighted by Crippen LogP contribution is -2.02. The van der Waals surface area contributed by atoms with Gasteiger partial charge in [-0.05, 0) is 36.4 Å². The smallest absolute Gasteiger partial charge is 0.277 e. The van der Waals surface area contributed by atoms with Gasteiger partial charge < -0.3 is 14.5 Å². The van der Waals surface area contributed by atoms with E-state index in [9.17, 15) is 4.79 Å². The number of carbonyl (C=O) groups excluding carboxylic acids is 1. The fraction of sp³-hybridized carbons (Fsp3) is 0.167. The molecule has 1 N–H and O–H groups in total. The van der Waals surface area contributed by atoms with Crippen molar-refractivity contribution < 1.29 is 13.9 Å². The van der Waals surface area contributed by atoms with Crippen LogP contribution < -0.4 is 10.1 Å². The van der Waals surface area contributed by atoms with Crippen molar-refractivity contribution in [2.75, 3.05) is 18.2 Å². The molecular weight excluding hydrogens is 374 g/mol. The summed E-state index contributed by atoms with van der Waals surface area (Å²) in [4.78, 5) is 12.2. The van der Waals surface area contributed by atoms with E-state index in [1.54, 1.807) is 43.5 Å². The average Bonchev–Trinajstić information content (AvgIpc) is 3.13. The number of ether oxygens (including phenoxy) is 1. The Morgan fingerprint density at radius 2 is 2.04 bits per heavy atom. The standard InChI is InChI=1S/C18H16ClN3O3S/c1-24-15-4-2-3-12(9-15)16(23)11-26-18-22-21-17(25-18)10-20-14-7-5-13(19)6-8-14/h2-9,20H,10-11H2,1H3. The number of carbonyl (C=O) groups is 1. The molecule has 6 nitrogen and oxygen atoms in total. The van der Waals surface area contributed by atoms with Crippen LogP contribution in [0.4, 0.5) is 5.69 Å². The van der Waals surface area contributed by atoms with E-state index in [1.165, 1.54) is 11.8 Å². The number of thioether (sulfide) groups is 1. The van der Waals surface area contributed by atoms with Gasteiger partial charge in [0.2, 0.25) is 5.89 Å². The zero-order chi connectivity index (χ0) is 18.4. The van der Waals surface area contributed by atoms with Crippen LogP contribution in [0.2, 0.25) is 5.02 Å². The van der Waals surface area contributed by atoms with Gasteiger partial charge in [-0.15, -0.1) is 10.2 Å². The van der Waals surface area contributed by atoms with Crippen molar-refractivity contribution in [1.29, 1.82) is 0 Å². The van der Waals surface area contributed by atoms with Crippen molar-refractivity contribution in [3.8, 4) is 5.75 Å². The molecule has 3 rings (SSSR count). The number of Topliss-reactive ketones (excluding diaryl/α,β-unsaturated/α-hetero) is 1. The van der Waals surface area contributed by atoms with Crippen LogP contribution in [-0.2, 0) is 6.54 Å². The number of nitrogens with one attached hydrogen (secondary N) is 1. The highest BCUT2D eigenvalue weighted by molar-refractivity contribution is 7.99. The summed E-state index contributed by atoms with van der Waals surface area (Å²) in [5.41, 5.74) is 1.48. The Bertz CT molecular complexity index is 883. The van der Waals surface area contributed by atoms with E-state index in [2.05, 4.69) is 15.5 Å². The first kappa shape index (κ1) is 18.3. The second-order valence-corrected chi connectivity index (χ2v) is 6.63. The van der Waals surface area contributed by atoms with E-state index in [1.807, 2.05) is 12.1 Å². The third kappa shape index (κ3) is 5.00. The summed E-state index contributed by atoms with van der Waals surface area (Å²) in [5.74, 6) is 1.26. The number of ketones is 1. The van der Waals surface area contributed by atoms with Gasteiger partial charge in [0.15, 0.2) is 5.78 Å². The molecular formula is C18H16ClN3O3S. The monoisotopic (exact) mass is 389 g/mol. The Morgan fingerprint density at radius 3 is 2.81 bits per heavy atom. The molecule has 1 heterocycles. The van der Waals surface area contributed by atoms with Crippen molar-refractivity contribution >= 4 is 34.8 Å². The molecule has 0 spiro atoms. The molecule has 134 valence electrons. The van der Waals surface area contributed by atoms with Crippen LogP contribution in [0.3, 0.4) is 0 Å². The fourth-order valence-electron chi connectivity index (χ4n) is 2.12. The van der Waals surface area contributed by atoms with Crippen molar-refractivity contribution in [3.05, 3.63) is 65.0 Å². The first-order valence-corrected chi connectivity index (χ1v) is 9.12. The number of aromatic nitrogens is 2. The van der Waals surface area contributed by atoms with Crippen LogP contribution in [0.1, 0.15) is 16.2 Å². The topological polar surface area (TPSA) is 77.2 Å². The van der Waals surface area contributed by atoms with Crippen molar-refractivity contribution in [2.24, 2.45) is 0 Å². The Morgan fingerprint density at radius 1 is 1.23 bits per heavy atom. The van der Waals surface area contributed by atoms with Gasteiger partial charge >= 0.3 is 0 Å². The molecule has 0 aliphatic rings. The van der Waals surface area contributed by atoms with Gasteiger partial charge in [-0.3, -0.25) is 4.79 Å². The number of halogens is 1. The predicted octanol–water partition coefficient (Wildman–Crippen LogP) is 4.32. The molecule has 1 aromatic heterocycles. The van der Waals surface area contributed by atoms with Crippen LogP contribution in [0.15, 0.2) is 58.2 Å². The molecule has 0 unspecified atom stereocenters. The van der Waals surface area contributed by atoms with E-state index in [-0.39, 0.29) is 11.5 Å². The lowest BCUT2D eigenvalue weighted by atomic mass is 10.1. The maximum Gasteiger partial charge on any atom is 0.277 e. The molecule has 0 aliphatic carbocycles. The summed E-state index contributed by atoms with van der Waals surface area (Å²) in [6.07, 6.45) is 0. The van der Waals surface area contributed by atoms with E-state index < -0.39 is 0 Å². The number of hydrogen-bond acceptors (Lipinski definition) is 7. The molecule has 0 bridgehead atoms. The summed E-state index contributed by atoms with van der Waals surface area (Å²) in [6, 6.07) is 14.3. The zero-order valence-corrected chi connectivity index (χ0v) is 15.5. The minimum Gasteiger partial charge on any atom is -0.497 e. The molecule has 0 atom stereocenters. The van der Waals surface area contributed by atoms with Gasteiger partial charge in [0.1, 0.15) is 5.75 Å². The van der Waals surface area contributed by atoms with Gasteiger partial charge in [0, 0.05) is 16.3 Å². The second kappa shape index (κ2) is 8.73. The van der Waals surface area contributed by atoms with E-state index >= 15 is 0 Å². The highest BCUT2D eigenvalue weighted by atomic mass is 35.5. The normalized spacial score (nSPS) is 10.5. The molecule has 0 amide bonds. The fourth-order valence-corrected chi connectivity index (χ4v) is 2.92. The molecule has 0 radical (unpaired) electrons. The minimum absolute atomic E-state index is 0.0343. The summed E-state index contributed by atoms with van der Waals surface area (Å²) in [6.45, 7) is 0.388. The molecule has 0 fully saturated rings. The second-order valence-electron chi connectivity index (χ2n) is 5.27. The van der Waals surface area contributed by atoms with Gasteiger partial charge in [-0.1, -0.05) is 35.5 Å². The van der Waals surface area contributed by atoms with Crippen LogP contribution in [-0.4, -0.2) is 28.8 Å². The highest BCUT2D eigenvalue weighted by Gasteiger charge is 2.12. The summed E-state index contributed by atoms with van der Waals surface area (Å²) in [7, 11) is 1.57. The van der Waals surface area contributed by atoms with Gasteiger partial charge in [0.05, 0.1) is 19.4 Å². The Hall–Kier alpha value is -2.51. The first-order valence-electron chi connectivity index (χ1n) is 7.76. The number of nitrogens with zero attached hydrogens (tertiary/aromatic N) is 2. The molecule has 26 heavy (non-hydrogen) atoms. The number of hydrogen-bond donors (Lipinski definition) is 1. The SMILES string of the molecule is COc1cccc(C(=O)CSc2nnc(CNc3ccc(Cl)cc3)o2)c1. The maximum atomic E-state index is 12.2. The summed E-state index contributed by atoms with van der Waals surface area (Å²) in [5, 5.41) is 12.1. The van der Waals surface area contributed by atoms with Crippen LogP contribution in [0.25, 0.3) is 0 Å². The van der Waals surface area contributed by atoms with Crippen LogP contribution in [0.5, 0.6) is 5.75 Å². The zero-order valence-electron chi connectivity index (χ0n) is 13.9. The highest BCUT2D eigenvalue weighted by Crippen LogP contribution is 2.20. The van der Waals surface area contributed by atoms with Crippen molar-refractivity contribution in [1.82, 2.24) is 10.2 Å². The lowest BCUT2D eigenvalue weighted by molar-refractivity contribution is 0.102. The lowest BCUT2D eigenvalue weighted by Gasteiger charge is -2.03. The van der Waals surface area contributed by atoms with Crippen molar-refractivity contribution in [3.63, 3.8) is 0 Å². The summed E-state index contributed by atoms with van der Waals surface area (Å²) < 4.78 is 10.7. The third-order valence-electron chi connectivity index (χ3n) is 3.45. The molecule has 2 aromatic carbocycles. The average molecular weight is 390 g/mol. The molecule has 3 aromatic rings. The number of methoxy groups -OCH3 is 1. The largest absolute Gasteiger partial charge is 0.497 e. The van der Waals surface area contributed by atoms with Crippen LogP contribution in [0, 0.1) is 0 Å². The number of rotatable bonds is 8. The number of benzene rings is 2. The first-order chi connectivity index (χ1) is 12.6. The van der Waals surface area contributed by atoms with Gasteiger partial charge in [0.25, 0.3) is 5.22 Å². The molecule has 0 saturated heterocycles. The predicted molar refractivity (Wildman–Crippen MR) is 101 cm³/mol. The number of anilines is 1. The van der Waals surface area contributed by atoms with Crippen LogP contribution >= 0.6 is 23.4 Å². The summed E-state index contributed by atoms with van der Waals surface area (Å²) >= 11 is 7.05. The van der Waals surface area contributed by atoms with Crippen molar-refractivity contribution in [2.45, 2.75) is 11.8 Å². The molecule has 0 saturated carbocycles. The molecule has 0 aliphatic heterocycles. The van der Waals surface area contributed by atoms with E-state index in [4.69, 9.17) is 20.8 Å².